The lowest BCUT2D eigenvalue weighted by atomic mass is 9.86. The van der Waals surface area contributed by atoms with E-state index in [-0.39, 0.29) is 12.8 Å². The fraction of sp³-hybridized carbons (Fsp3) is 0.562. The number of carbonyl (C=O) groups is 1. The van der Waals surface area contributed by atoms with E-state index in [9.17, 15) is 9.90 Å². The largest absolute Gasteiger partial charge is 0.480 e. The number of piperidine rings is 1. The van der Waals surface area contributed by atoms with Crippen molar-refractivity contribution in [1.82, 2.24) is 4.90 Å². The third-order valence-electron chi connectivity index (χ3n) is 4.75. The molecule has 0 aliphatic carbocycles. The zero-order valence-corrected chi connectivity index (χ0v) is 12.5. The second-order valence-electron chi connectivity index (χ2n) is 6.02. The van der Waals surface area contributed by atoms with Crippen LogP contribution in [0.5, 0.6) is 11.5 Å². The van der Waals surface area contributed by atoms with Crippen molar-refractivity contribution in [3.63, 3.8) is 0 Å². The molecule has 0 radical (unpaired) electrons. The van der Waals surface area contributed by atoms with Crippen LogP contribution in [0.25, 0.3) is 0 Å². The average Bonchev–Trinajstić information content (AvgIpc) is 2.94. The zero-order chi connectivity index (χ0) is 15.0. The summed E-state index contributed by atoms with van der Waals surface area (Å²) in [5, 5.41) is 9.63. The number of benzene rings is 1. The number of rotatable bonds is 3. The summed E-state index contributed by atoms with van der Waals surface area (Å²) in [5.41, 5.74) is 0.266. The van der Waals surface area contributed by atoms with Gasteiger partial charge in [-0.1, -0.05) is 6.07 Å². The molecule has 3 rings (SSSR count). The van der Waals surface area contributed by atoms with Gasteiger partial charge in [-0.15, -0.1) is 0 Å². The van der Waals surface area contributed by atoms with E-state index in [1.165, 1.54) is 0 Å². The van der Waals surface area contributed by atoms with Gasteiger partial charge in [-0.3, -0.25) is 9.69 Å². The van der Waals surface area contributed by atoms with Gasteiger partial charge in [0.1, 0.15) is 5.54 Å². The Bertz CT molecular complexity index is 559. The van der Waals surface area contributed by atoms with Crippen molar-refractivity contribution >= 4 is 5.97 Å². The van der Waals surface area contributed by atoms with Gasteiger partial charge in [0.15, 0.2) is 11.5 Å². The highest BCUT2D eigenvalue weighted by atomic mass is 16.7. The second-order valence-corrected chi connectivity index (χ2v) is 6.02. The van der Waals surface area contributed by atoms with E-state index in [0.29, 0.717) is 6.42 Å². The van der Waals surface area contributed by atoms with Crippen LogP contribution in [0.4, 0.5) is 0 Å². The quantitative estimate of drug-likeness (QED) is 0.928. The van der Waals surface area contributed by atoms with Crippen LogP contribution in [0.3, 0.4) is 0 Å². The summed E-state index contributed by atoms with van der Waals surface area (Å²) in [6.45, 7) is 4.95. The first-order chi connectivity index (χ1) is 10.0. The molecular weight excluding hydrogens is 270 g/mol. The zero-order valence-electron chi connectivity index (χ0n) is 12.5. The minimum absolute atomic E-state index is 0.0286. The fourth-order valence-corrected chi connectivity index (χ4v) is 3.35. The monoisotopic (exact) mass is 291 g/mol. The number of fused-ring (bicyclic) bond motifs is 1. The summed E-state index contributed by atoms with van der Waals surface area (Å²) in [5.74, 6) is 0.758. The van der Waals surface area contributed by atoms with Crippen LogP contribution in [0, 0.1) is 0 Å². The molecular formula is C16H21NO4. The van der Waals surface area contributed by atoms with Gasteiger partial charge in [0.2, 0.25) is 6.79 Å². The lowest BCUT2D eigenvalue weighted by Crippen LogP contribution is -2.55. The summed E-state index contributed by atoms with van der Waals surface area (Å²) < 4.78 is 10.7. The van der Waals surface area contributed by atoms with Crippen molar-refractivity contribution in [3.05, 3.63) is 23.8 Å². The van der Waals surface area contributed by atoms with E-state index in [1.54, 1.807) is 0 Å². The topological polar surface area (TPSA) is 59.0 Å². The molecule has 1 fully saturated rings. The number of hydrogen-bond donors (Lipinski definition) is 1. The van der Waals surface area contributed by atoms with Crippen molar-refractivity contribution < 1.29 is 19.4 Å². The molecule has 1 aromatic carbocycles. The molecule has 2 aliphatic heterocycles. The van der Waals surface area contributed by atoms with Gasteiger partial charge in [0.25, 0.3) is 0 Å². The van der Waals surface area contributed by atoms with Crippen LogP contribution in [-0.2, 0) is 4.79 Å². The van der Waals surface area contributed by atoms with Crippen LogP contribution in [0.1, 0.15) is 44.7 Å². The molecule has 2 heterocycles. The lowest BCUT2D eigenvalue weighted by Gasteiger charge is -2.45. The minimum Gasteiger partial charge on any atom is -0.480 e. The van der Waals surface area contributed by atoms with E-state index in [1.807, 2.05) is 25.1 Å². The average molecular weight is 291 g/mol. The van der Waals surface area contributed by atoms with Crippen LogP contribution < -0.4 is 9.47 Å². The number of nitrogens with zero attached hydrogens (tertiary/aromatic N) is 1. The molecule has 0 bridgehead atoms. The fourth-order valence-electron chi connectivity index (χ4n) is 3.35. The van der Waals surface area contributed by atoms with Gasteiger partial charge in [-0.25, -0.2) is 0 Å². The molecule has 0 saturated carbocycles. The molecule has 2 atom stereocenters. The van der Waals surface area contributed by atoms with Gasteiger partial charge in [0.05, 0.1) is 0 Å². The van der Waals surface area contributed by atoms with Crippen LogP contribution in [0.15, 0.2) is 18.2 Å². The number of likely N-dealkylation sites (tertiary alicyclic amines) is 1. The Morgan fingerprint density at radius 3 is 2.86 bits per heavy atom. The highest BCUT2D eigenvalue weighted by molar-refractivity contribution is 5.78. The summed E-state index contributed by atoms with van der Waals surface area (Å²) in [6, 6.07) is 5.88. The van der Waals surface area contributed by atoms with Gasteiger partial charge < -0.3 is 14.6 Å². The Hall–Kier alpha value is -1.75. The minimum atomic E-state index is -0.798. The Kier molecular flexibility index (Phi) is 3.53. The Balaban J connectivity index is 1.89. The van der Waals surface area contributed by atoms with Crippen molar-refractivity contribution in [2.24, 2.45) is 0 Å². The summed E-state index contributed by atoms with van der Waals surface area (Å²) in [6.07, 6.45) is 2.70. The van der Waals surface area contributed by atoms with Crippen molar-refractivity contribution in [3.8, 4) is 11.5 Å². The molecule has 1 N–H and O–H groups in total. The van der Waals surface area contributed by atoms with E-state index < -0.39 is 11.5 Å². The third-order valence-corrected chi connectivity index (χ3v) is 4.75. The van der Waals surface area contributed by atoms with Crippen LogP contribution in [0.2, 0.25) is 0 Å². The Morgan fingerprint density at radius 2 is 2.10 bits per heavy atom. The highest BCUT2D eigenvalue weighted by Crippen LogP contribution is 2.39. The van der Waals surface area contributed by atoms with E-state index >= 15 is 0 Å². The first kappa shape index (κ1) is 14.2. The molecule has 5 nitrogen and oxygen atoms in total. The number of carboxylic acids is 1. The molecule has 21 heavy (non-hydrogen) atoms. The molecule has 1 aromatic rings. The summed E-state index contributed by atoms with van der Waals surface area (Å²) >= 11 is 0. The second kappa shape index (κ2) is 5.22. The van der Waals surface area contributed by atoms with Crippen LogP contribution in [-0.4, -0.2) is 34.9 Å². The smallest absolute Gasteiger partial charge is 0.323 e. The van der Waals surface area contributed by atoms with E-state index in [0.717, 1.165) is 36.4 Å². The highest BCUT2D eigenvalue weighted by Gasteiger charge is 2.43. The predicted octanol–water partition coefficient (Wildman–Crippen LogP) is 2.81. The number of hydrogen-bond acceptors (Lipinski definition) is 4. The molecule has 0 amide bonds. The molecule has 5 heteroatoms. The third kappa shape index (κ3) is 2.35. The lowest BCUT2D eigenvalue weighted by molar-refractivity contribution is -0.155. The molecule has 114 valence electrons. The molecule has 0 aromatic heterocycles. The SMILES string of the molecule is CC(c1ccc2c(c1)OCO2)N1CCCCC1(C)C(=O)O. The van der Waals surface area contributed by atoms with Crippen LogP contribution >= 0.6 is 0 Å². The maximum absolute atomic E-state index is 11.7. The van der Waals surface area contributed by atoms with Gasteiger partial charge in [0, 0.05) is 6.04 Å². The number of aliphatic carboxylic acids is 1. The van der Waals surface area contributed by atoms with E-state index in [4.69, 9.17) is 9.47 Å². The van der Waals surface area contributed by atoms with Gasteiger partial charge in [-0.05, 0) is 57.4 Å². The first-order valence-electron chi connectivity index (χ1n) is 7.42. The summed E-state index contributed by atoms with van der Waals surface area (Å²) in [4.78, 5) is 13.8. The molecule has 1 saturated heterocycles. The molecule has 2 aliphatic rings. The maximum Gasteiger partial charge on any atom is 0.323 e. The Morgan fingerprint density at radius 1 is 1.33 bits per heavy atom. The Labute approximate surface area is 124 Å². The number of ether oxygens (including phenoxy) is 2. The van der Waals surface area contributed by atoms with E-state index in [2.05, 4.69) is 11.8 Å². The maximum atomic E-state index is 11.7. The number of carboxylic acid groups (broad SMARTS) is 1. The normalized spacial score (nSPS) is 26.6. The van der Waals surface area contributed by atoms with Gasteiger partial charge >= 0.3 is 5.97 Å². The first-order valence-corrected chi connectivity index (χ1v) is 7.42. The van der Waals surface area contributed by atoms with Crippen molar-refractivity contribution in [1.29, 1.82) is 0 Å². The van der Waals surface area contributed by atoms with Crippen molar-refractivity contribution in [2.45, 2.75) is 44.7 Å². The molecule has 2 unspecified atom stereocenters. The summed E-state index contributed by atoms with van der Waals surface area (Å²) in [7, 11) is 0. The predicted molar refractivity (Wildman–Crippen MR) is 77.6 cm³/mol. The van der Waals surface area contributed by atoms with Crippen molar-refractivity contribution in [2.75, 3.05) is 13.3 Å². The standard InChI is InChI=1S/C16H21NO4/c1-11(12-5-6-13-14(9-12)21-10-20-13)17-8-4-3-7-16(17,2)15(18)19/h5-6,9,11H,3-4,7-8,10H2,1-2H3,(H,18,19). The van der Waals surface area contributed by atoms with Gasteiger partial charge in [-0.2, -0.15) is 0 Å². The molecule has 0 spiro atoms.